The first-order chi connectivity index (χ1) is 10.4. The van der Waals surface area contributed by atoms with E-state index in [1.165, 1.54) is 7.11 Å². The number of nitrogens with one attached hydrogen (secondary N) is 1. The zero-order valence-corrected chi connectivity index (χ0v) is 11.6. The van der Waals surface area contributed by atoms with Crippen LogP contribution in [-0.4, -0.2) is 18.0 Å². The predicted molar refractivity (Wildman–Crippen MR) is 73.4 cm³/mol. The molecule has 4 nitrogen and oxygen atoms in total. The van der Waals surface area contributed by atoms with Gasteiger partial charge in [0.25, 0.3) is 5.91 Å². The summed E-state index contributed by atoms with van der Waals surface area (Å²) in [4.78, 5) is 15.9. The molecule has 0 saturated heterocycles. The molecule has 2 aromatic rings. The number of benzene rings is 1. The highest BCUT2D eigenvalue weighted by molar-refractivity contribution is 5.94. The Hall–Kier alpha value is -2.57. The normalized spacial score (nSPS) is 11.1. The van der Waals surface area contributed by atoms with Gasteiger partial charge in [0, 0.05) is 24.4 Å². The molecular weight excluding hydrogens is 297 g/mol. The molecule has 0 aliphatic carbocycles. The van der Waals surface area contributed by atoms with Crippen molar-refractivity contribution < 1.29 is 22.7 Å². The number of methoxy groups -OCH3 is 1. The van der Waals surface area contributed by atoms with Gasteiger partial charge in [0.15, 0.2) is 0 Å². The topological polar surface area (TPSA) is 51.2 Å². The smallest absolute Gasteiger partial charge is 0.416 e. The van der Waals surface area contributed by atoms with Gasteiger partial charge in [-0.05, 0) is 29.8 Å². The zero-order chi connectivity index (χ0) is 16.2. The van der Waals surface area contributed by atoms with E-state index in [0.29, 0.717) is 5.88 Å². The maximum atomic E-state index is 12.4. The van der Waals surface area contributed by atoms with Crippen molar-refractivity contribution in [2.75, 3.05) is 7.11 Å². The molecule has 0 radical (unpaired) electrons. The number of carbonyl (C=O) groups excluding carboxylic acids is 1. The van der Waals surface area contributed by atoms with Gasteiger partial charge in [0.2, 0.25) is 5.88 Å². The monoisotopic (exact) mass is 310 g/mol. The van der Waals surface area contributed by atoms with Gasteiger partial charge in [0.05, 0.1) is 12.7 Å². The van der Waals surface area contributed by atoms with Crippen molar-refractivity contribution in [1.82, 2.24) is 10.3 Å². The first-order valence-electron chi connectivity index (χ1n) is 6.34. The van der Waals surface area contributed by atoms with E-state index in [4.69, 9.17) is 4.74 Å². The Balaban J connectivity index is 1.97. The molecule has 0 spiro atoms. The molecule has 0 saturated carbocycles. The molecule has 7 heteroatoms. The van der Waals surface area contributed by atoms with Crippen LogP contribution in [0.15, 0.2) is 42.6 Å². The van der Waals surface area contributed by atoms with Gasteiger partial charge < -0.3 is 10.1 Å². The predicted octanol–water partition coefficient (Wildman–Crippen LogP) is 3.04. The number of amides is 1. The van der Waals surface area contributed by atoms with Crippen molar-refractivity contribution in [2.24, 2.45) is 0 Å². The minimum absolute atomic E-state index is 0.162. The Morgan fingerprint density at radius 2 is 1.86 bits per heavy atom. The van der Waals surface area contributed by atoms with E-state index in [-0.39, 0.29) is 12.1 Å². The third-order valence-electron chi connectivity index (χ3n) is 2.93. The molecule has 2 rings (SSSR count). The fraction of sp³-hybridized carbons (Fsp3) is 0.200. The third-order valence-corrected chi connectivity index (χ3v) is 2.93. The van der Waals surface area contributed by atoms with E-state index >= 15 is 0 Å². The molecule has 0 fully saturated rings. The Labute approximate surface area is 124 Å². The molecule has 22 heavy (non-hydrogen) atoms. The average Bonchev–Trinajstić information content (AvgIpc) is 2.52. The van der Waals surface area contributed by atoms with Gasteiger partial charge in [-0.1, -0.05) is 6.07 Å². The van der Waals surface area contributed by atoms with Gasteiger partial charge in [-0.25, -0.2) is 4.98 Å². The lowest BCUT2D eigenvalue weighted by molar-refractivity contribution is -0.137. The van der Waals surface area contributed by atoms with Crippen molar-refractivity contribution in [3.8, 4) is 5.88 Å². The van der Waals surface area contributed by atoms with Crippen molar-refractivity contribution in [1.29, 1.82) is 0 Å². The Morgan fingerprint density at radius 1 is 1.18 bits per heavy atom. The van der Waals surface area contributed by atoms with E-state index < -0.39 is 17.6 Å². The molecular formula is C15H13F3N2O2. The van der Waals surface area contributed by atoms with Crippen molar-refractivity contribution in [3.05, 3.63) is 59.3 Å². The third kappa shape index (κ3) is 3.97. The Morgan fingerprint density at radius 3 is 2.36 bits per heavy atom. The molecule has 1 aromatic heterocycles. The van der Waals surface area contributed by atoms with Gasteiger partial charge >= 0.3 is 6.18 Å². The summed E-state index contributed by atoms with van der Waals surface area (Å²) in [5, 5.41) is 2.61. The van der Waals surface area contributed by atoms with Crippen LogP contribution < -0.4 is 10.1 Å². The van der Waals surface area contributed by atoms with Crippen LogP contribution in [0.3, 0.4) is 0 Å². The lowest BCUT2D eigenvalue weighted by Gasteiger charge is -2.08. The first kappa shape index (κ1) is 15.8. The number of ether oxygens (including phenoxy) is 1. The summed E-state index contributed by atoms with van der Waals surface area (Å²) in [6.45, 7) is 0.219. The van der Waals surface area contributed by atoms with Crippen molar-refractivity contribution in [2.45, 2.75) is 12.7 Å². The number of nitrogens with zero attached hydrogens (tertiary/aromatic N) is 1. The van der Waals surface area contributed by atoms with Crippen molar-refractivity contribution in [3.63, 3.8) is 0 Å². The van der Waals surface area contributed by atoms with Crippen LogP contribution in [0.2, 0.25) is 0 Å². The van der Waals surface area contributed by atoms with Gasteiger partial charge in [-0.15, -0.1) is 0 Å². The van der Waals surface area contributed by atoms with E-state index in [1.54, 1.807) is 18.3 Å². The quantitative estimate of drug-likeness (QED) is 0.944. The van der Waals surface area contributed by atoms with Crippen LogP contribution in [0.4, 0.5) is 13.2 Å². The number of alkyl halides is 3. The number of hydrogen-bond acceptors (Lipinski definition) is 3. The van der Waals surface area contributed by atoms with Gasteiger partial charge in [0.1, 0.15) is 0 Å². The fourth-order valence-electron chi connectivity index (χ4n) is 1.73. The minimum atomic E-state index is -4.41. The highest BCUT2D eigenvalue weighted by atomic mass is 19.4. The van der Waals surface area contributed by atoms with Gasteiger partial charge in [-0.2, -0.15) is 13.2 Å². The lowest BCUT2D eigenvalue weighted by Crippen LogP contribution is -2.23. The second-order valence-corrected chi connectivity index (χ2v) is 4.47. The lowest BCUT2D eigenvalue weighted by atomic mass is 10.1. The number of halogens is 3. The van der Waals surface area contributed by atoms with Crippen LogP contribution in [0.1, 0.15) is 21.5 Å². The molecule has 1 amide bonds. The molecule has 0 aliphatic heterocycles. The van der Waals surface area contributed by atoms with E-state index in [0.717, 1.165) is 29.8 Å². The molecule has 1 aromatic carbocycles. The highest BCUT2D eigenvalue weighted by Gasteiger charge is 2.30. The number of pyridine rings is 1. The molecule has 1 N–H and O–H groups in total. The standard InChI is InChI=1S/C15H13F3N2O2/c1-22-13-7-2-10(8-19-13)9-20-14(21)11-3-5-12(6-4-11)15(16,17)18/h2-8H,9H2,1H3,(H,20,21). The summed E-state index contributed by atoms with van der Waals surface area (Å²) >= 11 is 0. The largest absolute Gasteiger partial charge is 0.481 e. The molecule has 0 aliphatic rings. The average molecular weight is 310 g/mol. The summed E-state index contributed by atoms with van der Waals surface area (Å²) in [7, 11) is 1.49. The Bertz CT molecular complexity index is 637. The summed E-state index contributed by atoms with van der Waals surface area (Å²) in [6, 6.07) is 7.43. The van der Waals surface area contributed by atoms with Crippen LogP contribution in [-0.2, 0) is 12.7 Å². The molecule has 0 atom stereocenters. The van der Waals surface area contributed by atoms with Crippen LogP contribution in [0, 0.1) is 0 Å². The number of carbonyl (C=O) groups is 1. The van der Waals surface area contributed by atoms with Crippen LogP contribution in [0.5, 0.6) is 5.88 Å². The Kier molecular flexibility index (Phi) is 4.65. The highest BCUT2D eigenvalue weighted by Crippen LogP contribution is 2.29. The first-order valence-corrected chi connectivity index (χ1v) is 6.34. The summed E-state index contributed by atoms with van der Waals surface area (Å²) < 4.78 is 42.2. The summed E-state index contributed by atoms with van der Waals surface area (Å²) in [6.07, 6.45) is -2.87. The van der Waals surface area contributed by atoms with Crippen LogP contribution >= 0.6 is 0 Å². The summed E-state index contributed by atoms with van der Waals surface area (Å²) in [5.74, 6) is 0.00218. The SMILES string of the molecule is COc1ccc(CNC(=O)c2ccc(C(F)(F)F)cc2)cn1. The molecule has 116 valence electrons. The maximum Gasteiger partial charge on any atom is 0.416 e. The van der Waals surface area contributed by atoms with E-state index in [9.17, 15) is 18.0 Å². The minimum Gasteiger partial charge on any atom is -0.481 e. The summed E-state index contributed by atoms with van der Waals surface area (Å²) in [5.41, 5.74) is 0.124. The van der Waals surface area contributed by atoms with Crippen molar-refractivity contribution >= 4 is 5.91 Å². The van der Waals surface area contributed by atoms with E-state index in [2.05, 4.69) is 10.3 Å². The molecule has 0 bridgehead atoms. The number of rotatable bonds is 4. The van der Waals surface area contributed by atoms with E-state index in [1.807, 2.05) is 0 Å². The zero-order valence-electron chi connectivity index (χ0n) is 11.6. The maximum absolute atomic E-state index is 12.4. The fourth-order valence-corrected chi connectivity index (χ4v) is 1.73. The second-order valence-electron chi connectivity index (χ2n) is 4.47. The molecule has 1 heterocycles. The van der Waals surface area contributed by atoms with Gasteiger partial charge in [-0.3, -0.25) is 4.79 Å². The number of hydrogen-bond donors (Lipinski definition) is 1. The van der Waals surface area contributed by atoms with Crippen LogP contribution in [0.25, 0.3) is 0 Å². The second kappa shape index (κ2) is 6.46. The number of aromatic nitrogens is 1. The molecule has 0 unspecified atom stereocenters.